The minimum Gasteiger partial charge on any atom is -0.472 e. The topological polar surface area (TPSA) is 47.5 Å². The van der Waals surface area contributed by atoms with Crippen LogP contribution in [-0.4, -0.2) is 42.9 Å². The lowest BCUT2D eigenvalue weighted by atomic mass is 9.98. The Labute approximate surface area is 115 Å². The van der Waals surface area contributed by atoms with Crippen molar-refractivity contribution in [2.24, 2.45) is 5.92 Å². The zero-order valence-electron chi connectivity index (χ0n) is 12.0. The molecule has 5 nitrogen and oxygen atoms in total. The molecule has 0 amide bonds. The summed E-state index contributed by atoms with van der Waals surface area (Å²) >= 11 is 0. The van der Waals surface area contributed by atoms with E-state index in [1.165, 1.54) is 0 Å². The molecule has 0 bridgehead atoms. The highest BCUT2D eigenvalue weighted by molar-refractivity contribution is 5.48. The summed E-state index contributed by atoms with van der Waals surface area (Å²) in [6, 6.07) is 0. The van der Waals surface area contributed by atoms with Gasteiger partial charge in [-0.05, 0) is 32.6 Å². The Morgan fingerprint density at radius 2 is 1.95 bits per heavy atom. The minimum atomic E-state index is 0.112. The first kappa shape index (κ1) is 14.1. The Morgan fingerprint density at radius 3 is 2.58 bits per heavy atom. The molecule has 0 spiro atoms. The number of nitrogens with zero attached hydrogens (tertiary/aromatic N) is 3. The van der Waals surface area contributed by atoms with Crippen molar-refractivity contribution in [3.63, 3.8) is 0 Å². The fraction of sp³-hybridized carbons (Fsp3) is 0.714. The maximum absolute atomic E-state index is 5.73. The molecule has 1 fully saturated rings. The average molecular weight is 265 g/mol. The summed E-state index contributed by atoms with van der Waals surface area (Å²) in [6.07, 6.45) is 5.78. The van der Waals surface area contributed by atoms with E-state index in [1.807, 2.05) is 13.8 Å². The van der Waals surface area contributed by atoms with E-state index in [9.17, 15) is 0 Å². The quantitative estimate of drug-likeness (QED) is 0.816. The average Bonchev–Trinajstić information content (AvgIpc) is 2.40. The highest BCUT2D eigenvalue weighted by atomic mass is 16.5. The van der Waals surface area contributed by atoms with Gasteiger partial charge in [-0.1, -0.05) is 0 Å². The van der Waals surface area contributed by atoms with Crippen LogP contribution in [-0.2, 0) is 4.74 Å². The lowest BCUT2D eigenvalue weighted by Crippen LogP contribution is -2.36. The van der Waals surface area contributed by atoms with Crippen LogP contribution in [0.3, 0.4) is 0 Å². The molecule has 1 aliphatic heterocycles. The molecule has 0 aromatic carbocycles. The van der Waals surface area contributed by atoms with E-state index in [-0.39, 0.29) is 6.10 Å². The van der Waals surface area contributed by atoms with Crippen molar-refractivity contribution in [3.8, 4) is 5.88 Å². The molecule has 0 N–H and O–H groups in total. The Bertz CT molecular complexity index is 390. The molecule has 0 unspecified atom stereocenters. The van der Waals surface area contributed by atoms with E-state index in [1.54, 1.807) is 19.5 Å². The molecule has 1 aliphatic rings. The smallest absolute Gasteiger partial charge is 0.257 e. The second kappa shape index (κ2) is 6.70. The summed E-state index contributed by atoms with van der Waals surface area (Å²) in [7, 11) is 1.77. The monoisotopic (exact) mass is 265 g/mol. The molecule has 2 rings (SSSR count). The van der Waals surface area contributed by atoms with Gasteiger partial charge in [0.25, 0.3) is 5.88 Å². The van der Waals surface area contributed by atoms with Crippen LogP contribution in [0.25, 0.3) is 0 Å². The molecule has 2 heterocycles. The first-order chi connectivity index (χ1) is 9.20. The maximum Gasteiger partial charge on any atom is 0.257 e. The fourth-order valence-electron chi connectivity index (χ4n) is 2.39. The summed E-state index contributed by atoms with van der Waals surface area (Å²) < 4.78 is 11.0. The standard InChI is InChI=1S/C14H23N3O2/c1-11(2)19-14-13(15-6-7-16-14)17-8-4-12(5-9-17)10-18-3/h6-7,11-12H,4-5,8-10H2,1-3H3. The summed E-state index contributed by atoms with van der Waals surface area (Å²) in [6.45, 7) is 6.83. The number of ether oxygens (including phenoxy) is 2. The van der Waals surface area contributed by atoms with E-state index < -0.39 is 0 Å². The highest BCUT2D eigenvalue weighted by Gasteiger charge is 2.23. The van der Waals surface area contributed by atoms with Gasteiger partial charge in [-0.25, -0.2) is 9.97 Å². The van der Waals surface area contributed by atoms with E-state index >= 15 is 0 Å². The number of rotatable bonds is 5. The predicted molar refractivity (Wildman–Crippen MR) is 74.6 cm³/mol. The van der Waals surface area contributed by atoms with Gasteiger partial charge < -0.3 is 14.4 Å². The van der Waals surface area contributed by atoms with Crippen LogP contribution in [0.1, 0.15) is 26.7 Å². The second-order valence-corrected chi connectivity index (χ2v) is 5.24. The van der Waals surface area contributed by atoms with Crippen molar-refractivity contribution in [2.75, 3.05) is 31.7 Å². The van der Waals surface area contributed by atoms with Crippen LogP contribution in [0, 0.1) is 5.92 Å². The van der Waals surface area contributed by atoms with Crippen LogP contribution >= 0.6 is 0 Å². The molecule has 106 valence electrons. The number of hydrogen-bond donors (Lipinski definition) is 0. The van der Waals surface area contributed by atoms with Crippen molar-refractivity contribution >= 4 is 5.82 Å². The van der Waals surface area contributed by atoms with Crippen molar-refractivity contribution < 1.29 is 9.47 Å². The van der Waals surface area contributed by atoms with Crippen LogP contribution in [0.4, 0.5) is 5.82 Å². The van der Waals surface area contributed by atoms with Gasteiger partial charge >= 0.3 is 0 Å². The number of anilines is 1. The van der Waals surface area contributed by atoms with Gasteiger partial charge in [0.15, 0.2) is 5.82 Å². The van der Waals surface area contributed by atoms with Crippen LogP contribution < -0.4 is 9.64 Å². The zero-order valence-corrected chi connectivity index (χ0v) is 12.0. The van der Waals surface area contributed by atoms with Crippen LogP contribution in [0.5, 0.6) is 5.88 Å². The highest BCUT2D eigenvalue weighted by Crippen LogP contribution is 2.28. The molecule has 0 aliphatic carbocycles. The second-order valence-electron chi connectivity index (χ2n) is 5.24. The molecule has 19 heavy (non-hydrogen) atoms. The van der Waals surface area contributed by atoms with Crippen molar-refractivity contribution in [2.45, 2.75) is 32.8 Å². The van der Waals surface area contributed by atoms with Gasteiger partial charge in [-0.15, -0.1) is 0 Å². The van der Waals surface area contributed by atoms with E-state index in [0.29, 0.717) is 11.8 Å². The number of piperidine rings is 1. The Balaban J connectivity index is 2.02. The molecule has 0 atom stereocenters. The first-order valence-electron chi connectivity index (χ1n) is 6.92. The van der Waals surface area contributed by atoms with E-state index in [0.717, 1.165) is 38.4 Å². The molecule has 1 aromatic heterocycles. The number of methoxy groups -OCH3 is 1. The van der Waals surface area contributed by atoms with Crippen LogP contribution in [0.15, 0.2) is 12.4 Å². The lowest BCUT2D eigenvalue weighted by molar-refractivity contribution is 0.138. The maximum atomic E-state index is 5.73. The molecular formula is C14H23N3O2. The van der Waals surface area contributed by atoms with Gasteiger partial charge in [0.2, 0.25) is 0 Å². The third-order valence-electron chi connectivity index (χ3n) is 3.31. The third kappa shape index (κ3) is 3.80. The summed E-state index contributed by atoms with van der Waals surface area (Å²) in [4.78, 5) is 11.0. The summed E-state index contributed by atoms with van der Waals surface area (Å²) in [5.74, 6) is 2.17. The SMILES string of the molecule is COCC1CCN(c2nccnc2OC(C)C)CC1. The summed E-state index contributed by atoms with van der Waals surface area (Å²) in [5, 5.41) is 0. The number of hydrogen-bond acceptors (Lipinski definition) is 5. The molecule has 1 saturated heterocycles. The van der Waals surface area contributed by atoms with Crippen LogP contribution in [0.2, 0.25) is 0 Å². The zero-order chi connectivity index (χ0) is 13.7. The van der Waals surface area contributed by atoms with Gasteiger partial charge in [0, 0.05) is 39.2 Å². The molecule has 0 saturated carbocycles. The summed E-state index contributed by atoms with van der Waals surface area (Å²) in [5.41, 5.74) is 0. The van der Waals surface area contributed by atoms with Gasteiger partial charge in [-0.2, -0.15) is 0 Å². The molecule has 5 heteroatoms. The van der Waals surface area contributed by atoms with Crippen molar-refractivity contribution in [1.82, 2.24) is 9.97 Å². The third-order valence-corrected chi connectivity index (χ3v) is 3.31. The Hall–Kier alpha value is -1.36. The van der Waals surface area contributed by atoms with Gasteiger partial charge in [0.1, 0.15) is 0 Å². The van der Waals surface area contributed by atoms with Gasteiger partial charge in [-0.3, -0.25) is 0 Å². The Kier molecular flexibility index (Phi) is 4.96. The van der Waals surface area contributed by atoms with Crippen molar-refractivity contribution in [3.05, 3.63) is 12.4 Å². The van der Waals surface area contributed by atoms with E-state index in [2.05, 4.69) is 14.9 Å². The normalized spacial score (nSPS) is 16.9. The minimum absolute atomic E-state index is 0.112. The molecular weight excluding hydrogens is 242 g/mol. The Morgan fingerprint density at radius 1 is 1.26 bits per heavy atom. The van der Waals surface area contributed by atoms with Gasteiger partial charge in [0.05, 0.1) is 6.10 Å². The largest absolute Gasteiger partial charge is 0.472 e. The molecule has 1 aromatic rings. The molecule has 0 radical (unpaired) electrons. The predicted octanol–water partition coefficient (Wildman–Crippen LogP) is 2.13. The van der Waals surface area contributed by atoms with E-state index in [4.69, 9.17) is 9.47 Å². The lowest BCUT2D eigenvalue weighted by Gasteiger charge is -2.33. The van der Waals surface area contributed by atoms with Crippen molar-refractivity contribution in [1.29, 1.82) is 0 Å². The number of aromatic nitrogens is 2. The first-order valence-corrected chi connectivity index (χ1v) is 6.92. The fourth-order valence-corrected chi connectivity index (χ4v) is 2.39.